The molecule has 0 fully saturated rings. The van der Waals surface area contributed by atoms with Gasteiger partial charge in [0.1, 0.15) is 5.15 Å². The van der Waals surface area contributed by atoms with E-state index in [0.29, 0.717) is 0 Å². The maximum absolute atomic E-state index is 12.7. The molecule has 0 bridgehead atoms. The van der Waals surface area contributed by atoms with Gasteiger partial charge in [-0.1, -0.05) is 23.2 Å². The van der Waals surface area contributed by atoms with Crippen LogP contribution in [-0.4, -0.2) is 25.1 Å². The van der Waals surface area contributed by atoms with Gasteiger partial charge in [-0.25, -0.2) is 4.68 Å². The molecule has 5 nitrogen and oxygen atoms in total. The molecule has 19 heavy (non-hydrogen) atoms. The first kappa shape index (κ1) is 14.0. The number of hydrogen-bond donors (Lipinski definition) is 1. The zero-order chi connectivity index (χ0) is 14.2. The van der Waals surface area contributed by atoms with E-state index in [2.05, 4.69) is 15.3 Å². The molecule has 2 heterocycles. The van der Waals surface area contributed by atoms with Crippen molar-refractivity contribution in [1.82, 2.24) is 20.0 Å². The average Bonchev–Trinajstić information content (AvgIpc) is 2.67. The van der Waals surface area contributed by atoms with Crippen molar-refractivity contribution in [3.05, 3.63) is 33.7 Å². The van der Waals surface area contributed by atoms with E-state index in [4.69, 9.17) is 28.3 Å². The Morgan fingerprint density at radius 1 is 1.21 bits per heavy atom. The molecule has 0 spiro atoms. The Bertz CT molecular complexity index is 597. The Kier molecular flexibility index (Phi) is 3.66. The number of aliphatic hydroxyl groups excluding tert-OH is 1. The van der Waals surface area contributed by atoms with Crippen molar-refractivity contribution in [2.45, 2.75) is 12.8 Å². The van der Waals surface area contributed by atoms with Crippen molar-refractivity contribution in [2.24, 2.45) is 0 Å². The maximum atomic E-state index is 12.7. The highest BCUT2D eigenvalue weighted by Gasteiger charge is 2.39. The van der Waals surface area contributed by atoms with Crippen LogP contribution in [0.5, 0.6) is 0 Å². The van der Waals surface area contributed by atoms with Gasteiger partial charge in [0.05, 0.1) is 6.61 Å². The van der Waals surface area contributed by atoms with Crippen molar-refractivity contribution in [3.8, 4) is 5.82 Å². The smallest absolute Gasteiger partial charge is 0.391 e. The molecule has 0 aliphatic rings. The van der Waals surface area contributed by atoms with E-state index in [1.165, 1.54) is 12.1 Å². The minimum atomic E-state index is -4.73. The fourth-order valence-electron chi connectivity index (χ4n) is 1.37. The summed E-state index contributed by atoms with van der Waals surface area (Å²) in [6.07, 6.45) is -4.73. The molecule has 2 rings (SSSR count). The largest absolute Gasteiger partial charge is 0.435 e. The molecule has 1 N–H and O–H groups in total. The van der Waals surface area contributed by atoms with Crippen molar-refractivity contribution in [1.29, 1.82) is 0 Å². The lowest BCUT2D eigenvalue weighted by molar-refractivity contribution is -0.142. The van der Waals surface area contributed by atoms with Crippen LogP contribution in [-0.2, 0) is 12.8 Å². The number of aromatic nitrogens is 4. The summed E-state index contributed by atoms with van der Waals surface area (Å²) in [4.78, 5) is 0. The first-order chi connectivity index (χ1) is 8.84. The molecule has 0 aliphatic heterocycles. The lowest BCUT2D eigenvalue weighted by Gasteiger charge is -2.03. The molecule has 10 heteroatoms. The van der Waals surface area contributed by atoms with Gasteiger partial charge in [-0.05, 0) is 12.1 Å². The molecule has 0 aliphatic carbocycles. The van der Waals surface area contributed by atoms with Crippen LogP contribution in [0.15, 0.2) is 12.1 Å². The number of rotatable bonds is 2. The summed E-state index contributed by atoms with van der Waals surface area (Å²) in [5.74, 6) is -0.0420. The SMILES string of the molecule is OCc1c(C(F)(F)F)nn(-c2ccc(Cl)nn2)c1Cl. The summed E-state index contributed by atoms with van der Waals surface area (Å²) in [7, 11) is 0. The summed E-state index contributed by atoms with van der Waals surface area (Å²) in [6.45, 7) is -0.894. The van der Waals surface area contributed by atoms with Crippen LogP contribution >= 0.6 is 23.2 Å². The van der Waals surface area contributed by atoms with Crippen LogP contribution in [0.2, 0.25) is 10.3 Å². The van der Waals surface area contributed by atoms with Crippen LogP contribution in [0.1, 0.15) is 11.3 Å². The second kappa shape index (κ2) is 4.95. The van der Waals surface area contributed by atoms with Gasteiger partial charge < -0.3 is 5.11 Å². The normalized spacial score (nSPS) is 11.9. The third-order valence-corrected chi connectivity index (χ3v) is 2.77. The number of halogens is 5. The summed E-state index contributed by atoms with van der Waals surface area (Å²) < 4.78 is 38.9. The fourth-order valence-corrected chi connectivity index (χ4v) is 1.75. The third kappa shape index (κ3) is 2.65. The molecule has 0 saturated heterocycles. The first-order valence-corrected chi connectivity index (χ1v) is 5.55. The highest BCUT2D eigenvalue weighted by molar-refractivity contribution is 6.30. The molecular weight excluding hydrogens is 308 g/mol. The summed E-state index contributed by atoms with van der Waals surface area (Å²) >= 11 is 11.3. The zero-order valence-corrected chi connectivity index (χ0v) is 10.5. The predicted octanol–water partition coefficient (Wildman–Crippen LogP) is 2.48. The van der Waals surface area contributed by atoms with Gasteiger partial charge in [-0.3, -0.25) is 0 Å². The first-order valence-electron chi connectivity index (χ1n) is 4.79. The maximum Gasteiger partial charge on any atom is 0.435 e. The summed E-state index contributed by atoms with van der Waals surface area (Å²) in [6, 6.07) is 2.63. The molecule has 0 amide bonds. The van der Waals surface area contributed by atoms with Gasteiger partial charge >= 0.3 is 6.18 Å². The van der Waals surface area contributed by atoms with E-state index in [-0.39, 0.29) is 16.1 Å². The second-order valence-electron chi connectivity index (χ2n) is 3.40. The fraction of sp³-hybridized carbons (Fsp3) is 0.222. The van der Waals surface area contributed by atoms with Gasteiger partial charge in [0.2, 0.25) is 0 Å². The minimum absolute atomic E-state index is 0.0420. The number of nitrogens with zero attached hydrogens (tertiary/aromatic N) is 4. The van der Waals surface area contributed by atoms with Crippen molar-refractivity contribution in [3.63, 3.8) is 0 Å². The molecule has 0 saturated carbocycles. The average molecular weight is 313 g/mol. The van der Waals surface area contributed by atoms with Gasteiger partial charge in [0.25, 0.3) is 0 Å². The van der Waals surface area contributed by atoms with E-state index < -0.39 is 24.0 Å². The van der Waals surface area contributed by atoms with Gasteiger partial charge in [-0.15, -0.1) is 10.2 Å². The van der Waals surface area contributed by atoms with E-state index in [0.717, 1.165) is 4.68 Å². The standard InChI is InChI=1S/C9H5Cl2F3N4O/c10-5-1-2-6(16-15-5)18-8(11)4(3-19)7(17-18)9(12,13)14/h1-2,19H,3H2. The Labute approximate surface area is 114 Å². The monoisotopic (exact) mass is 312 g/mol. The predicted molar refractivity (Wildman–Crippen MR) is 60.1 cm³/mol. The highest BCUT2D eigenvalue weighted by atomic mass is 35.5. The van der Waals surface area contributed by atoms with Crippen LogP contribution in [0, 0.1) is 0 Å². The Morgan fingerprint density at radius 2 is 1.89 bits per heavy atom. The molecule has 0 aromatic carbocycles. The highest BCUT2D eigenvalue weighted by Crippen LogP contribution is 2.35. The summed E-state index contributed by atoms with van der Waals surface area (Å²) in [5.41, 5.74) is -1.79. The van der Waals surface area contributed by atoms with Gasteiger partial charge in [0.15, 0.2) is 16.7 Å². The Hall–Kier alpha value is -1.38. The van der Waals surface area contributed by atoms with Gasteiger partial charge in [-0.2, -0.15) is 18.3 Å². The molecule has 102 valence electrons. The van der Waals surface area contributed by atoms with Crippen molar-refractivity contribution in [2.75, 3.05) is 0 Å². The molecule has 0 atom stereocenters. The number of alkyl halides is 3. The van der Waals surface area contributed by atoms with Crippen LogP contribution in [0.3, 0.4) is 0 Å². The minimum Gasteiger partial charge on any atom is -0.391 e. The lowest BCUT2D eigenvalue weighted by Crippen LogP contribution is -2.10. The number of hydrogen-bond acceptors (Lipinski definition) is 4. The Balaban J connectivity index is 2.59. The van der Waals surface area contributed by atoms with E-state index in [1.54, 1.807) is 0 Å². The van der Waals surface area contributed by atoms with Crippen molar-refractivity contribution < 1.29 is 18.3 Å². The quantitative estimate of drug-likeness (QED) is 0.925. The zero-order valence-electron chi connectivity index (χ0n) is 8.99. The van der Waals surface area contributed by atoms with Crippen LogP contribution in [0.25, 0.3) is 5.82 Å². The summed E-state index contributed by atoms with van der Waals surface area (Å²) in [5, 5.41) is 19.0. The Morgan fingerprint density at radius 3 is 2.32 bits per heavy atom. The van der Waals surface area contributed by atoms with Crippen molar-refractivity contribution >= 4 is 23.2 Å². The lowest BCUT2D eigenvalue weighted by atomic mass is 10.2. The number of aliphatic hydroxyl groups is 1. The molecule has 2 aromatic rings. The molecular formula is C9H5Cl2F3N4O. The molecule has 0 unspecified atom stereocenters. The van der Waals surface area contributed by atoms with Gasteiger partial charge in [0, 0.05) is 5.56 Å². The molecule has 0 radical (unpaired) electrons. The topological polar surface area (TPSA) is 63.8 Å². The third-order valence-electron chi connectivity index (χ3n) is 2.18. The van der Waals surface area contributed by atoms with Crippen LogP contribution < -0.4 is 0 Å². The molecule has 2 aromatic heterocycles. The van der Waals surface area contributed by atoms with E-state index in [9.17, 15) is 13.2 Å². The second-order valence-corrected chi connectivity index (χ2v) is 4.15. The van der Waals surface area contributed by atoms with E-state index in [1.807, 2.05) is 0 Å². The van der Waals surface area contributed by atoms with Crippen LogP contribution in [0.4, 0.5) is 13.2 Å². The van der Waals surface area contributed by atoms with E-state index >= 15 is 0 Å².